The average Bonchev–Trinajstić information content (AvgIpc) is 2.46. The van der Waals surface area contributed by atoms with E-state index in [1.54, 1.807) is 0 Å². The van der Waals surface area contributed by atoms with E-state index in [2.05, 4.69) is 17.0 Å². The molecule has 1 nitrogen and oxygen atoms in total. The fraction of sp³-hybridized carbons (Fsp3) is 0.625. The first-order chi connectivity index (χ1) is 9.29. The van der Waals surface area contributed by atoms with Gasteiger partial charge in [0, 0.05) is 29.2 Å². The van der Waals surface area contributed by atoms with Gasteiger partial charge in [0.2, 0.25) is 0 Å². The fourth-order valence-electron chi connectivity index (χ4n) is 3.84. The van der Waals surface area contributed by atoms with Gasteiger partial charge >= 0.3 is 0 Å². The van der Waals surface area contributed by atoms with Gasteiger partial charge in [0.25, 0.3) is 0 Å². The molecule has 0 N–H and O–H groups in total. The van der Waals surface area contributed by atoms with Crippen molar-refractivity contribution in [3.05, 3.63) is 28.8 Å². The number of alkyl halides is 1. The van der Waals surface area contributed by atoms with Crippen LogP contribution in [0.15, 0.2) is 18.2 Å². The Bertz CT molecular complexity index is 444. The second kappa shape index (κ2) is 5.93. The first-order valence-electron chi connectivity index (χ1n) is 7.40. The number of halogens is 2. The molecule has 1 saturated heterocycles. The molecule has 2 unspecified atom stereocenters. The van der Waals surface area contributed by atoms with Crippen molar-refractivity contribution in [2.45, 2.75) is 50.4 Å². The maximum atomic E-state index is 6.20. The second-order valence-electron chi connectivity index (χ2n) is 5.85. The van der Waals surface area contributed by atoms with Crippen molar-refractivity contribution >= 4 is 28.9 Å². The van der Waals surface area contributed by atoms with Gasteiger partial charge in [-0.05, 0) is 49.3 Å². The predicted octanol–water partition coefficient (Wildman–Crippen LogP) is 5.24. The molecule has 0 aromatic heterocycles. The highest BCUT2D eigenvalue weighted by molar-refractivity contribution is 6.31. The Morgan fingerprint density at radius 3 is 2.74 bits per heavy atom. The predicted molar refractivity (Wildman–Crippen MR) is 83.3 cm³/mol. The zero-order valence-corrected chi connectivity index (χ0v) is 12.8. The molecule has 1 aliphatic carbocycles. The zero-order chi connectivity index (χ0) is 13.2. The highest BCUT2D eigenvalue weighted by Crippen LogP contribution is 2.39. The van der Waals surface area contributed by atoms with Crippen molar-refractivity contribution in [1.29, 1.82) is 0 Å². The quantitative estimate of drug-likeness (QED) is 0.675. The van der Waals surface area contributed by atoms with E-state index in [1.165, 1.54) is 49.8 Å². The van der Waals surface area contributed by atoms with Crippen molar-refractivity contribution in [2.24, 2.45) is 5.92 Å². The third-order valence-electron chi connectivity index (χ3n) is 4.74. The van der Waals surface area contributed by atoms with Gasteiger partial charge in [0.1, 0.15) is 0 Å². The molecule has 1 aromatic carbocycles. The Morgan fingerprint density at radius 2 is 1.89 bits per heavy atom. The Balaban J connectivity index is 1.93. The molecular formula is C16H21Cl2N. The van der Waals surface area contributed by atoms with Crippen molar-refractivity contribution in [2.75, 3.05) is 11.4 Å². The van der Waals surface area contributed by atoms with Crippen LogP contribution in [-0.4, -0.2) is 12.6 Å². The SMILES string of the molecule is ClCc1ccc(Cl)cc1N1CCCC2CCCCC21. The first-order valence-corrected chi connectivity index (χ1v) is 8.32. The van der Waals surface area contributed by atoms with E-state index in [9.17, 15) is 0 Å². The van der Waals surface area contributed by atoms with E-state index in [1.807, 2.05) is 6.07 Å². The summed E-state index contributed by atoms with van der Waals surface area (Å²) in [7, 11) is 0. The minimum absolute atomic E-state index is 0.570. The summed E-state index contributed by atoms with van der Waals surface area (Å²) in [6.45, 7) is 1.16. The van der Waals surface area contributed by atoms with Crippen molar-refractivity contribution < 1.29 is 0 Å². The smallest absolute Gasteiger partial charge is 0.0494 e. The molecule has 0 radical (unpaired) electrons. The summed E-state index contributed by atoms with van der Waals surface area (Å²) >= 11 is 12.3. The number of piperidine rings is 1. The van der Waals surface area contributed by atoms with E-state index in [0.29, 0.717) is 11.9 Å². The summed E-state index contributed by atoms with van der Waals surface area (Å²) in [6.07, 6.45) is 8.21. The van der Waals surface area contributed by atoms with Crippen LogP contribution in [0.5, 0.6) is 0 Å². The molecule has 2 aliphatic rings. The Hall–Kier alpha value is -0.400. The topological polar surface area (TPSA) is 3.24 Å². The number of nitrogens with zero attached hydrogens (tertiary/aromatic N) is 1. The molecular weight excluding hydrogens is 277 g/mol. The van der Waals surface area contributed by atoms with Gasteiger partial charge in [0.15, 0.2) is 0 Å². The summed E-state index contributed by atoms with van der Waals surface area (Å²) in [4.78, 5) is 2.59. The molecule has 1 saturated carbocycles. The standard InChI is InChI=1S/C16H21Cl2N/c17-11-13-7-8-14(18)10-16(13)19-9-3-5-12-4-1-2-6-15(12)19/h7-8,10,12,15H,1-6,9,11H2. The Morgan fingerprint density at radius 1 is 1.11 bits per heavy atom. The van der Waals surface area contributed by atoms with E-state index in [0.717, 1.165) is 17.5 Å². The van der Waals surface area contributed by atoms with Gasteiger partial charge in [-0.15, -0.1) is 11.6 Å². The van der Waals surface area contributed by atoms with Crippen LogP contribution in [0, 0.1) is 5.92 Å². The lowest BCUT2D eigenvalue weighted by Crippen LogP contribution is -2.47. The third-order valence-corrected chi connectivity index (χ3v) is 5.27. The molecule has 19 heavy (non-hydrogen) atoms. The van der Waals surface area contributed by atoms with E-state index in [4.69, 9.17) is 23.2 Å². The van der Waals surface area contributed by atoms with Crippen LogP contribution in [0.1, 0.15) is 44.1 Å². The number of benzene rings is 1. The van der Waals surface area contributed by atoms with Crippen LogP contribution in [0.4, 0.5) is 5.69 Å². The van der Waals surface area contributed by atoms with Crippen molar-refractivity contribution in [1.82, 2.24) is 0 Å². The molecule has 0 amide bonds. The van der Waals surface area contributed by atoms with Crippen LogP contribution < -0.4 is 4.90 Å². The summed E-state index contributed by atoms with van der Waals surface area (Å²) < 4.78 is 0. The second-order valence-corrected chi connectivity index (χ2v) is 6.56. The maximum absolute atomic E-state index is 6.20. The molecule has 104 valence electrons. The van der Waals surface area contributed by atoms with Crippen LogP contribution in [0.2, 0.25) is 5.02 Å². The average molecular weight is 298 g/mol. The van der Waals surface area contributed by atoms with Crippen molar-refractivity contribution in [3.63, 3.8) is 0 Å². The largest absolute Gasteiger partial charge is 0.368 e. The van der Waals surface area contributed by atoms with Crippen LogP contribution >= 0.6 is 23.2 Å². The van der Waals surface area contributed by atoms with Gasteiger partial charge in [-0.25, -0.2) is 0 Å². The lowest BCUT2D eigenvalue weighted by atomic mass is 9.78. The molecule has 3 rings (SSSR count). The van der Waals surface area contributed by atoms with E-state index in [-0.39, 0.29) is 0 Å². The van der Waals surface area contributed by atoms with Gasteiger partial charge in [0.05, 0.1) is 0 Å². The highest BCUT2D eigenvalue weighted by atomic mass is 35.5. The summed E-state index contributed by atoms with van der Waals surface area (Å²) in [5.41, 5.74) is 2.50. The third kappa shape index (κ3) is 2.73. The summed E-state index contributed by atoms with van der Waals surface area (Å²) in [5.74, 6) is 1.45. The lowest BCUT2D eigenvalue weighted by molar-refractivity contribution is 0.243. The molecule has 0 bridgehead atoms. The molecule has 2 fully saturated rings. The van der Waals surface area contributed by atoms with E-state index < -0.39 is 0 Å². The summed E-state index contributed by atoms with van der Waals surface area (Å²) in [6, 6.07) is 6.85. The molecule has 0 spiro atoms. The van der Waals surface area contributed by atoms with Gasteiger partial charge in [-0.2, -0.15) is 0 Å². The number of fused-ring (bicyclic) bond motifs is 1. The fourth-order valence-corrected chi connectivity index (χ4v) is 4.23. The summed E-state index contributed by atoms with van der Waals surface area (Å²) in [5, 5.41) is 0.821. The van der Waals surface area contributed by atoms with Crippen molar-refractivity contribution in [3.8, 4) is 0 Å². The van der Waals surface area contributed by atoms with Crippen LogP contribution in [0.25, 0.3) is 0 Å². The molecule has 1 aromatic rings. The van der Waals surface area contributed by atoms with Gasteiger partial charge in [-0.1, -0.05) is 30.5 Å². The number of anilines is 1. The monoisotopic (exact) mass is 297 g/mol. The molecule has 1 aliphatic heterocycles. The number of hydrogen-bond acceptors (Lipinski definition) is 1. The minimum Gasteiger partial charge on any atom is -0.368 e. The Kier molecular flexibility index (Phi) is 4.24. The molecule has 3 heteroatoms. The van der Waals surface area contributed by atoms with Gasteiger partial charge < -0.3 is 4.90 Å². The maximum Gasteiger partial charge on any atom is 0.0494 e. The van der Waals surface area contributed by atoms with Gasteiger partial charge in [-0.3, -0.25) is 0 Å². The normalized spacial score (nSPS) is 27.2. The first kappa shape index (κ1) is 13.6. The molecule has 2 atom stereocenters. The minimum atomic E-state index is 0.570. The van der Waals surface area contributed by atoms with Crippen LogP contribution in [-0.2, 0) is 5.88 Å². The Labute approximate surface area is 125 Å². The number of rotatable bonds is 2. The lowest BCUT2D eigenvalue weighted by Gasteiger charge is -2.46. The number of hydrogen-bond donors (Lipinski definition) is 0. The van der Waals surface area contributed by atoms with E-state index >= 15 is 0 Å². The highest BCUT2D eigenvalue weighted by Gasteiger charge is 2.33. The van der Waals surface area contributed by atoms with Crippen LogP contribution in [0.3, 0.4) is 0 Å². The zero-order valence-electron chi connectivity index (χ0n) is 11.2. The molecule has 1 heterocycles.